The van der Waals surface area contributed by atoms with Crippen LogP contribution in [0.1, 0.15) is 0 Å². The van der Waals surface area contributed by atoms with E-state index in [1.165, 1.54) is 17.1 Å². The van der Waals surface area contributed by atoms with Gasteiger partial charge < -0.3 is 10.8 Å². The van der Waals surface area contributed by atoms with Gasteiger partial charge in [-0.1, -0.05) is 60.7 Å². The third kappa shape index (κ3) is 4.82. The molecular formula is C30H23N3O7S2. The Bertz CT molecular complexity index is 2270. The van der Waals surface area contributed by atoms with Crippen LogP contribution in [-0.2, 0) is 20.2 Å². The lowest BCUT2D eigenvalue weighted by atomic mass is 10.1. The molecule has 6 aromatic carbocycles. The van der Waals surface area contributed by atoms with Crippen LogP contribution in [0.3, 0.4) is 0 Å². The summed E-state index contributed by atoms with van der Waals surface area (Å²) in [4.78, 5) is -1.08. The van der Waals surface area contributed by atoms with Crippen molar-refractivity contribution in [1.29, 1.82) is 0 Å². The molecule has 12 heteroatoms. The van der Waals surface area contributed by atoms with E-state index in [-0.39, 0.29) is 27.9 Å². The lowest BCUT2D eigenvalue weighted by molar-refractivity contribution is 0.481. The Morgan fingerprint density at radius 2 is 1.33 bits per heavy atom. The first-order chi connectivity index (χ1) is 19.9. The number of hydrazine groups is 1. The van der Waals surface area contributed by atoms with Gasteiger partial charge in [0.1, 0.15) is 16.3 Å². The molecule has 0 aliphatic carbocycles. The Kier molecular flexibility index (Phi) is 6.43. The molecule has 212 valence electrons. The first-order valence-corrected chi connectivity index (χ1v) is 15.4. The number of nitrogens with one attached hydrogen (secondary N) is 1. The topological polar surface area (TPSA) is 170 Å². The van der Waals surface area contributed by atoms with Crippen LogP contribution in [0.4, 0.5) is 22.7 Å². The maximum atomic E-state index is 12.8. The molecule has 0 saturated carbocycles. The van der Waals surface area contributed by atoms with Crippen molar-refractivity contribution in [3.63, 3.8) is 0 Å². The minimum absolute atomic E-state index is 0.0480. The summed E-state index contributed by atoms with van der Waals surface area (Å²) in [5.74, 6) is 0.0480. The molecule has 10 nitrogen and oxygen atoms in total. The number of rotatable bonds is 6. The molecule has 6 rings (SSSR count). The average molecular weight is 602 g/mol. The third-order valence-corrected chi connectivity index (χ3v) is 8.73. The van der Waals surface area contributed by atoms with Crippen LogP contribution >= 0.6 is 0 Å². The summed E-state index contributed by atoms with van der Waals surface area (Å²) in [5.41, 5.74) is 10.6. The maximum Gasteiger partial charge on any atom is 0.296 e. The fourth-order valence-electron chi connectivity index (χ4n) is 5.03. The smallest absolute Gasteiger partial charge is 0.296 e. The fourth-order valence-corrected chi connectivity index (χ4v) is 6.27. The lowest BCUT2D eigenvalue weighted by Gasteiger charge is -2.30. The number of anilines is 4. The number of benzene rings is 6. The summed E-state index contributed by atoms with van der Waals surface area (Å²) in [6, 6.07) is 27.8. The van der Waals surface area contributed by atoms with Crippen LogP contribution < -0.4 is 16.2 Å². The maximum absolute atomic E-state index is 12.8. The van der Waals surface area contributed by atoms with Gasteiger partial charge in [-0.15, -0.1) is 0 Å². The van der Waals surface area contributed by atoms with E-state index in [0.29, 0.717) is 22.1 Å². The van der Waals surface area contributed by atoms with Crippen LogP contribution in [0.15, 0.2) is 113 Å². The van der Waals surface area contributed by atoms with E-state index >= 15 is 0 Å². The molecule has 0 unspecified atom stereocenters. The van der Waals surface area contributed by atoms with Gasteiger partial charge in [-0.3, -0.25) is 19.5 Å². The quantitative estimate of drug-likeness (QED) is 0.0651. The van der Waals surface area contributed by atoms with Crippen molar-refractivity contribution < 1.29 is 31.0 Å². The minimum Gasteiger partial charge on any atom is -0.507 e. The molecule has 0 bridgehead atoms. The number of hydrogen-bond donors (Lipinski definition) is 5. The van der Waals surface area contributed by atoms with Crippen molar-refractivity contribution in [1.82, 2.24) is 0 Å². The average Bonchev–Trinajstić information content (AvgIpc) is 2.96. The normalized spacial score (nSPS) is 12.1. The molecule has 6 N–H and O–H groups in total. The van der Waals surface area contributed by atoms with E-state index < -0.39 is 30.0 Å². The van der Waals surface area contributed by atoms with Gasteiger partial charge in [-0.2, -0.15) is 16.8 Å². The van der Waals surface area contributed by atoms with Gasteiger partial charge in [0.2, 0.25) is 0 Å². The van der Waals surface area contributed by atoms with Gasteiger partial charge in [0.25, 0.3) is 20.2 Å². The molecule has 0 saturated heterocycles. The number of phenols is 1. The molecule has 0 atom stereocenters. The van der Waals surface area contributed by atoms with Crippen molar-refractivity contribution in [3.8, 4) is 5.75 Å². The van der Waals surface area contributed by atoms with E-state index in [0.717, 1.165) is 29.0 Å². The van der Waals surface area contributed by atoms with E-state index in [2.05, 4.69) is 5.43 Å². The number of aromatic hydroxyl groups is 1. The second-order valence-electron chi connectivity index (χ2n) is 9.63. The number of nitrogen functional groups attached to an aromatic ring is 1. The van der Waals surface area contributed by atoms with Crippen LogP contribution in [-0.4, -0.2) is 31.0 Å². The predicted octanol–water partition coefficient (Wildman–Crippen LogP) is 6.09. The van der Waals surface area contributed by atoms with E-state index in [9.17, 15) is 31.0 Å². The highest BCUT2D eigenvalue weighted by atomic mass is 32.2. The Morgan fingerprint density at radius 3 is 2.05 bits per heavy atom. The Labute approximate surface area is 240 Å². The summed E-state index contributed by atoms with van der Waals surface area (Å²) in [6.45, 7) is 0. The molecule has 0 radical (unpaired) electrons. The Morgan fingerprint density at radius 1 is 0.643 bits per heavy atom. The largest absolute Gasteiger partial charge is 0.507 e. The second kappa shape index (κ2) is 9.89. The zero-order valence-electron chi connectivity index (χ0n) is 21.6. The van der Waals surface area contributed by atoms with Gasteiger partial charge in [-0.05, 0) is 58.6 Å². The first kappa shape index (κ1) is 27.3. The van der Waals surface area contributed by atoms with Gasteiger partial charge in [0.15, 0.2) is 0 Å². The van der Waals surface area contributed by atoms with E-state index in [1.807, 2.05) is 36.4 Å². The molecule has 42 heavy (non-hydrogen) atoms. The minimum atomic E-state index is -4.95. The Balaban J connectivity index is 1.67. The van der Waals surface area contributed by atoms with Crippen LogP contribution in [0.2, 0.25) is 0 Å². The van der Waals surface area contributed by atoms with Gasteiger partial charge >= 0.3 is 0 Å². The molecule has 0 fully saturated rings. The molecule has 6 aromatic rings. The van der Waals surface area contributed by atoms with Gasteiger partial charge in [0.05, 0.1) is 22.0 Å². The van der Waals surface area contributed by atoms with Crippen molar-refractivity contribution in [3.05, 3.63) is 103 Å². The molecule has 0 aromatic heterocycles. The van der Waals surface area contributed by atoms with Crippen molar-refractivity contribution in [2.24, 2.45) is 0 Å². The highest BCUT2D eigenvalue weighted by Gasteiger charge is 2.27. The summed E-state index contributed by atoms with van der Waals surface area (Å²) in [7, 11) is -9.55. The molecule has 0 aliphatic rings. The zero-order chi connectivity index (χ0) is 29.8. The highest BCUT2D eigenvalue weighted by molar-refractivity contribution is 7.86. The van der Waals surface area contributed by atoms with E-state index in [1.54, 1.807) is 36.4 Å². The molecule has 0 spiro atoms. The van der Waals surface area contributed by atoms with Crippen LogP contribution in [0.5, 0.6) is 5.75 Å². The standard InChI is InChI=1S/C30H23N3O7S2/c31-29-23-12-11-22(41(35,36)37)16-20(23)17-28(42(38,39)40)30(29)33(21-10-9-18-5-1-2-6-19(18)15-21)32-26-13-14-27(34)25-8-4-3-7-24(25)26/h1-17,32,34H,31H2,(H,35,36,37)(H,38,39,40). The SMILES string of the molecule is Nc1c(N(Nc2ccc(O)c3ccccc23)c2ccc3ccccc3c2)c(S(=O)(=O)O)cc2cc(S(=O)(=O)O)ccc12. The number of fused-ring (bicyclic) bond motifs is 3. The van der Waals surface area contributed by atoms with Crippen molar-refractivity contribution in [2.45, 2.75) is 9.79 Å². The summed E-state index contributed by atoms with van der Waals surface area (Å²) in [5, 5.41) is 15.1. The monoisotopic (exact) mass is 601 g/mol. The van der Waals surface area contributed by atoms with Gasteiger partial charge in [0, 0.05) is 16.2 Å². The number of phenolic OH excluding ortho intramolecular Hbond substituents is 1. The first-order valence-electron chi connectivity index (χ1n) is 12.5. The summed E-state index contributed by atoms with van der Waals surface area (Å²) >= 11 is 0. The van der Waals surface area contributed by atoms with Crippen molar-refractivity contribution in [2.75, 3.05) is 16.2 Å². The number of nitrogens with zero attached hydrogens (tertiary/aromatic N) is 1. The molecule has 0 amide bonds. The summed E-state index contributed by atoms with van der Waals surface area (Å²) < 4.78 is 69.1. The highest BCUT2D eigenvalue weighted by Crippen LogP contribution is 2.43. The molecule has 0 heterocycles. The molecule has 0 aliphatic heterocycles. The summed E-state index contributed by atoms with van der Waals surface area (Å²) in [6.07, 6.45) is 0. The third-order valence-electron chi connectivity index (χ3n) is 7.01. The van der Waals surface area contributed by atoms with Crippen molar-refractivity contribution >= 4 is 75.3 Å². The lowest BCUT2D eigenvalue weighted by Crippen LogP contribution is -2.27. The van der Waals surface area contributed by atoms with E-state index in [4.69, 9.17) is 5.73 Å². The fraction of sp³-hybridized carbons (Fsp3) is 0. The predicted molar refractivity (Wildman–Crippen MR) is 163 cm³/mol. The zero-order valence-corrected chi connectivity index (χ0v) is 23.3. The van der Waals surface area contributed by atoms with Crippen LogP contribution in [0, 0.1) is 0 Å². The number of nitrogens with two attached hydrogens (primary N) is 1. The second-order valence-corrected chi connectivity index (χ2v) is 12.4. The molecular weight excluding hydrogens is 578 g/mol. The number of hydrogen-bond acceptors (Lipinski definition) is 8. The Hall–Kier alpha value is -4.88. The van der Waals surface area contributed by atoms with Crippen LogP contribution in [0.25, 0.3) is 32.3 Å². The van der Waals surface area contributed by atoms with Gasteiger partial charge in [-0.25, -0.2) is 0 Å².